The van der Waals surface area contributed by atoms with E-state index < -0.39 is 11.8 Å². The first-order valence-corrected chi connectivity index (χ1v) is 12.2. The fourth-order valence-corrected chi connectivity index (χ4v) is 4.83. The second-order valence-electron chi connectivity index (χ2n) is 9.43. The molecule has 6 nitrogen and oxygen atoms in total. The molecule has 0 saturated heterocycles. The van der Waals surface area contributed by atoms with Gasteiger partial charge in [-0.25, -0.2) is 9.18 Å². The van der Waals surface area contributed by atoms with Crippen molar-refractivity contribution in [2.75, 3.05) is 18.6 Å². The minimum absolute atomic E-state index is 0.0229. The Morgan fingerprint density at radius 2 is 1.76 bits per heavy atom. The predicted molar refractivity (Wildman–Crippen MR) is 124 cm³/mol. The maximum absolute atomic E-state index is 15.1. The molecule has 0 spiro atoms. The van der Waals surface area contributed by atoms with Crippen molar-refractivity contribution in [1.82, 2.24) is 0 Å². The van der Waals surface area contributed by atoms with Crippen molar-refractivity contribution in [3.63, 3.8) is 0 Å². The van der Waals surface area contributed by atoms with Crippen LogP contribution >= 0.6 is 0 Å². The van der Waals surface area contributed by atoms with Crippen molar-refractivity contribution in [2.45, 2.75) is 84.1 Å². The summed E-state index contributed by atoms with van der Waals surface area (Å²) < 4.78 is 25.6. The summed E-state index contributed by atoms with van der Waals surface area (Å²) in [5.41, 5.74) is 0.324. The Bertz CT molecular complexity index is 852. The number of ether oxygens (including phenoxy) is 2. The lowest BCUT2D eigenvalue weighted by molar-refractivity contribution is -0.125. The number of carbonyl (C=O) groups excluding carboxylic acids is 3. The Morgan fingerprint density at radius 3 is 2.36 bits per heavy atom. The van der Waals surface area contributed by atoms with Gasteiger partial charge in [0.05, 0.1) is 25.0 Å². The lowest BCUT2D eigenvalue weighted by Gasteiger charge is -2.38. The fraction of sp³-hybridized carbons (Fsp3) is 0.654. The van der Waals surface area contributed by atoms with E-state index in [0.29, 0.717) is 38.2 Å². The molecular formula is C26H36FNO5. The number of hydrogen-bond acceptors (Lipinski definition) is 5. The summed E-state index contributed by atoms with van der Waals surface area (Å²) in [4.78, 5) is 40.0. The minimum atomic E-state index is -0.646. The van der Waals surface area contributed by atoms with Crippen molar-refractivity contribution >= 4 is 23.3 Å². The molecule has 1 amide bonds. The number of methoxy groups -OCH3 is 1. The number of hydrogen-bond donors (Lipinski definition) is 0. The van der Waals surface area contributed by atoms with E-state index in [4.69, 9.17) is 9.47 Å². The number of carbonyl (C=O) groups is 3. The quantitative estimate of drug-likeness (QED) is 0.380. The summed E-state index contributed by atoms with van der Waals surface area (Å²) in [5, 5.41) is 0. The van der Waals surface area contributed by atoms with Crippen LogP contribution in [0.4, 0.5) is 10.1 Å². The van der Waals surface area contributed by atoms with Gasteiger partial charge in [-0.2, -0.15) is 0 Å². The predicted octanol–water partition coefficient (Wildman–Crippen LogP) is 5.46. The molecule has 0 aromatic heterocycles. The maximum Gasteiger partial charge on any atom is 0.340 e. The Hall–Kier alpha value is -2.44. The van der Waals surface area contributed by atoms with E-state index in [0.717, 1.165) is 38.5 Å². The van der Waals surface area contributed by atoms with E-state index in [1.54, 1.807) is 4.90 Å². The fourth-order valence-electron chi connectivity index (χ4n) is 4.83. The maximum atomic E-state index is 15.1. The lowest BCUT2D eigenvalue weighted by Crippen LogP contribution is -2.47. The third-order valence-electron chi connectivity index (χ3n) is 6.95. The van der Waals surface area contributed by atoms with Crippen molar-refractivity contribution in [1.29, 1.82) is 0 Å². The van der Waals surface area contributed by atoms with Crippen molar-refractivity contribution in [3.8, 4) is 5.75 Å². The second-order valence-corrected chi connectivity index (χ2v) is 9.43. The van der Waals surface area contributed by atoms with Gasteiger partial charge < -0.3 is 14.4 Å². The van der Waals surface area contributed by atoms with Gasteiger partial charge in [-0.3, -0.25) is 9.59 Å². The van der Waals surface area contributed by atoms with E-state index in [9.17, 15) is 14.4 Å². The van der Waals surface area contributed by atoms with Crippen molar-refractivity contribution < 1.29 is 28.2 Å². The smallest absolute Gasteiger partial charge is 0.340 e. The second kappa shape index (κ2) is 11.6. The SMILES string of the molecule is CCCCOc1cc(C(=O)OC)c(N(C(=O)C2CCC(C)CC2)C2CCC(=O)CC2)cc1F. The molecule has 2 fully saturated rings. The molecular weight excluding hydrogens is 425 g/mol. The summed E-state index contributed by atoms with van der Waals surface area (Å²) in [6.07, 6.45) is 6.91. The topological polar surface area (TPSA) is 72.9 Å². The molecule has 182 valence electrons. The van der Waals surface area contributed by atoms with Crippen LogP contribution in [0.3, 0.4) is 0 Å². The van der Waals surface area contributed by atoms with Crippen LogP contribution in [-0.4, -0.2) is 37.4 Å². The summed E-state index contributed by atoms with van der Waals surface area (Å²) in [7, 11) is 1.26. The Kier molecular flexibility index (Phi) is 8.87. The number of benzene rings is 1. The third kappa shape index (κ3) is 6.12. The Morgan fingerprint density at radius 1 is 1.09 bits per heavy atom. The van der Waals surface area contributed by atoms with Gasteiger partial charge >= 0.3 is 5.97 Å². The monoisotopic (exact) mass is 461 g/mol. The molecule has 0 atom stereocenters. The summed E-state index contributed by atoms with van der Waals surface area (Å²) in [6, 6.07) is 2.32. The van der Waals surface area contributed by atoms with Gasteiger partial charge in [-0.15, -0.1) is 0 Å². The average molecular weight is 462 g/mol. The van der Waals surface area contributed by atoms with E-state index in [1.807, 2.05) is 6.92 Å². The summed E-state index contributed by atoms with van der Waals surface area (Å²) in [5.74, 6) is -0.798. The van der Waals surface area contributed by atoms with Crippen LogP contribution < -0.4 is 9.64 Å². The van der Waals surface area contributed by atoms with Gasteiger partial charge in [0.25, 0.3) is 0 Å². The molecule has 0 N–H and O–H groups in total. The molecule has 3 rings (SSSR count). The van der Waals surface area contributed by atoms with Crippen LogP contribution in [0.2, 0.25) is 0 Å². The normalized spacial score (nSPS) is 21.5. The van der Waals surface area contributed by atoms with Crippen LogP contribution in [0.15, 0.2) is 12.1 Å². The largest absolute Gasteiger partial charge is 0.490 e. The first-order chi connectivity index (χ1) is 15.8. The van der Waals surface area contributed by atoms with Crippen LogP contribution in [0, 0.1) is 17.7 Å². The van der Waals surface area contributed by atoms with E-state index in [-0.39, 0.29) is 40.7 Å². The molecule has 1 aromatic carbocycles. The highest BCUT2D eigenvalue weighted by atomic mass is 19.1. The number of amides is 1. The highest BCUT2D eigenvalue weighted by Gasteiger charge is 2.37. The standard InChI is InChI=1S/C26H36FNO5/c1-4-5-14-33-24-15-21(26(31)32-3)23(16-22(24)27)28(19-10-12-20(29)13-11-19)25(30)18-8-6-17(2)7-9-18/h15-19H,4-14H2,1-3H3. The zero-order valence-electron chi connectivity index (χ0n) is 20.0. The number of anilines is 1. The van der Waals surface area contributed by atoms with E-state index in [2.05, 4.69) is 6.92 Å². The zero-order valence-corrected chi connectivity index (χ0v) is 20.0. The van der Waals surface area contributed by atoms with Crippen LogP contribution in [0.5, 0.6) is 5.75 Å². The molecule has 0 heterocycles. The number of nitrogens with zero attached hydrogens (tertiary/aromatic N) is 1. The van der Waals surface area contributed by atoms with Crippen LogP contribution in [-0.2, 0) is 14.3 Å². The van der Waals surface area contributed by atoms with Gasteiger partial charge in [-0.1, -0.05) is 20.3 Å². The minimum Gasteiger partial charge on any atom is -0.490 e. The summed E-state index contributed by atoms with van der Waals surface area (Å²) in [6.45, 7) is 4.53. The Balaban J connectivity index is 2.01. The highest BCUT2D eigenvalue weighted by molar-refractivity contribution is 6.04. The molecule has 2 aliphatic carbocycles. The lowest BCUT2D eigenvalue weighted by atomic mass is 9.81. The third-order valence-corrected chi connectivity index (χ3v) is 6.95. The van der Waals surface area contributed by atoms with Gasteiger partial charge in [0.1, 0.15) is 5.78 Å². The van der Waals surface area contributed by atoms with Gasteiger partial charge in [-0.05, 0) is 56.9 Å². The summed E-state index contributed by atoms with van der Waals surface area (Å²) >= 11 is 0. The van der Waals surface area contributed by atoms with Crippen LogP contribution in [0.1, 0.15) is 88.4 Å². The van der Waals surface area contributed by atoms with E-state index in [1.165, 1.54) is 19.2 Å². The van der Waals surface area contributed by atoms with Gasteiger partial charge in [0.15, 0.2) is 11.6 Å². The highest BCUT2D eigenvalue weighted by Crippen LogP contribution is 2.37. The molecule has 7 heteroatoms. The average Bonchev–Trinajstić information content (AvgIpc) is 2.81. The number of esters is 1. The molecule has 2 saturated carbocycles. The first kappa shape index (κ1) is 25.2. The van der Waals surface area contributed by atoms with Crippen LogP contribution in [0.25, 0.3) is 0 Å². The molecule has 0 radical (unpaired) electrons. The molecule has 0 bridgehead atoms. The number of ketones is 1. The Labute approximate surface area is 195 Å². The number of Topliss-reactive ketones (excluding diaryl/α,β-unsaturated/α-hetero) is 1. The van der Waals surface area contributed by atoms with Crippen molar-refractivity contribution in [3.05, 3.63) is 23.5 Å². The molecule has 0 unspecified atom stereocenters. The first-order valence-electron chi connectivity index (χ1n) is 12.2. The number of halogens is 1. The van der Waals surface area contributed by atoms with Gasteiger partial charge in [0, 0.05) is 30.9 Å². The molecule has 0 aliphatic heterocycles. The van der Waals surface area contributed by atoms with Crippen molar-refractivity contribution in [2.24, 2.45) is 11.8 Å². The molecule has 2 aliphatic rings. The molecule has 1 aromatic rings. The number of rotatable bonds is 8. The zero-order chi connectivity index (χ0) is 24.0. The van der Waals surface area contributed by atoms with Gasteiger partial charge in [0.2, 0.25) is 5.91 Å². The van der Waals surface area contributed by atoms with E-state index >= 15 is 4.39 Å². The molecule has 33 heavy (non-hydrogen) atoms. The number of unbranched alkanes of at least 4 members (excludes halogenated alkanes) is 1.